The number of carboxylic acids is 1. The number of hydrogen-bond donors (Lipinski definition) is 3. The zero-order chi connectivity index (χ0) is 11.7. The van der Waals surface area contributed by atoms with Gasteiger partial charge in [-0.1, -0.05) is 0 Å². The van der Waals surface area contributed by atoms with Crippen LogP contribution in [0.1, 0.15) is 19.8 Å². The molecule has 6 heteroatoms. The van der Waals surface area contributed by atoms with Gasteiger partial charge in [0.25, 0.3) is 0 Å². The lowest BCUT2D eigenvalue weighted by molar-refractivity contribution is -0.139. The van der Waals surface area contributed by atoms with Gasteiger partial charge >= 0.3 is 5.97 Å². The maximum Gasteiger partial charge on any atom is 0.305 e. The van der Waals surface area contributed by atoms with Gasteiger partial charge in [-0.3, -0.25) is 9.59 Å². The van der Waals surface area contributed by atoms with Crippen LogP contribution in [0.2, 0.25) is 0 Å². The van der Waals surface area contributed by atoms with Crippen LogP contribution in [0, 0.1) is 0 Å². The molecular weight excluding hydrogens is 200 g/mol. The predicted molar refractivity (Wildman–Crippen MR) is 54.3 cm³/mol. The molecule has 88 valence electrons. The van der Waals surface area contributed by atoms with E-state index < -0.39 is 17.9 Å². The van der Waals surface area contributed by atoms with Crippen molar-refractivity contribution in [2.45, 2.75) is 25.8 Å². The highest BCUT2D eigenvalue weighted by Crippen LogP contribution is 1.88. The molecule has 0 aromatic heterocycles. The van der Waals surface area contributed by atoms with Crippen LogP contribution < -0.4 is 11.1 Å². The number of rotatable bonds is 8. The summed E-state index contributed by atoms with van der Waals surface area (Å²) in [6.45, 7) is 3.56. The molecule has 0 aliphatic carbocycles. The van der Waals surface area contributed by atoms with Crippen LogP contribution in [0.4, 0.5) is 0 Å². The summed E-state index contributed by atoms with van der Waals surface area (Å²) in [5.41, 5.74) is 5.33. The Balaban J connectivity index is 3.51. The Morgan fingerprint density at radius 2 is 2.20 bits per heavy atom. The number of hydrogen-bond acceptors (Lipinski definition) is 4. The van der Waals surface area contributed by atoms with Gasteiger partial charge in [0.05, 0.1) is 12.5 Å². The minimum atomic E-state index is -1.08. The van der Waals surface area contributed by atoms with E-state index in [0.717, 1.165) is 0 Å². The van der Waals surface area contributed by atoms with E-state index in [-0.39, 0.29) is 6.42 Å². The molecule has 0 heterocycles. The normalized spacial score (nSPS) is 12.1. The standard InChI is InChI=1S/C9H18N2O4/c1-2-15-5-3-4-11-9(14)7(10)6-8(12)13/h7H,2-6,10H2,1H3,(H,11,14)(H,12,13)/t7-/m0/s1. The van der Waals surface area contributed by atoms with Crippen molar-refractivity contribution in [1.29, 1.82) is 0 Å². The minimum Gasteiger partial charge on any atom is -0.481 e. The van der Waals surface area contributed by atoms with Crippen molar-refractivity contribution in [2.24, 2.45) is 5.73 Å². The maximum atomic E-state index is 11.2. The summed E-state index contributed by atoms with van der Waals surface area (Å²) in [7, 11) is 0. The Morgan fingerprint density at radius 3 is 2.73 bits per heavy atom. The Kier molecular flexibility index (Phi) is 7.57. The summed E-state index contributed by atoms with van der Waals surface area (Å²) in [5.74, 6) is -1.51. The first-order valence-electron chi connectivity index (χ1n) is 4.90. The molecule has 0 aliphatic heterocycles. The second-order valence-electron chi connectivity index (χ2n) is 3.05. The van der Waals surface area contributed by atoms with Gasteiger partial charge < -0.3 is 20.9 Å². The van der Waals surface area contributed by atoms with E-state index in [1.807, 2.05) is 6.92 Å². The first-order valence-corrected chi connectivity index (χ1v) is 4.90. The van der Waals surface area contributed by atoms with Gasteiger partial charge in [-0.2, -0.15) is 0 Å². The molecule has 0 radical (unpaired) electrons. The number of ether oxygens (including phenoxy) is 1. The number of carbonyl (C=O) groups excluding carboxylic acids is 1. The number of amides is 1. The molecule has 0 fully saturated rings. The zero-order valence-electron chi connectivity index (χ0n) is 8.86. The Morgan fingerprint density at radius 1 is 1.53 bits per heavy atom. The lowest BCUT2D eigenvalue weighted by Gasteiger charge is -2.09. The van der Waals surface area contributed by atoms with Crippen LogP contribution in [0.5, 0.6) is 0 Å². The summed E-state index contributed by atoms with van der Waals surface area (Å²) < 4.78 is 5.06. The molecule has 1 amide bonds. The maximum absolute atomic E-state index is 11.2. The van der Waals surface area contributed by atoms with Gasteiger partial charge in [0, 0.05) is 19.8 Å². The highest BCUT2D eigenvalue weighted by atomic mass is 16.5. The smallest absolute Gasteiger partial charge is 0.305 e. The van der Waals surface area contributed by atoms with Crippen molar-refractivity contribution in [2.75, 3.05) is 19.8 Å². The van der Waals surface area contributed by atoms with E-state index in [4.69, 9.17) is 15.6 Å². The summed E-state index contributed by atoms with van der Waals surface area (Å²) in [5, 5.41) is 10.9. The number of nitrogens with one attached hydrogen (secondary N) is 1. The second-order valence-corrected chi connectivity index (χ2v) is 3.05. The zero-order valence-corrected chi connectivity index (χ0v) is 8.86. The fourth-order valence-corrected chi connectivity index (χ4v) is 0.942. The number of nitrogens with two attached hydrogens (primary N) is 1. The van der Waals surface area contributed by atoms with Crippen molar-refractivity contribution < 1.29 is 19.4 Å². The van der Waals surface area contributed by atoms with E-state index in [0.29, 0.717) is 26.2 Å². The number of carboxylic acid groups (broad SMARTS) is 1. The van der Waals surface area contributed by atoms with Crippen LogP contribution in [0.3, 0.4) is 0 Å². The fraction of sp³-hybridized carbons (Fsp3) is 0.778. The third-order valence-corrected chi connectivity index (χ3v) is 1.70. The topological polar surface area (TPSA) is 102 Å². The van der Waals surface area contributed by atoms with Gasteiger partial charge in [0.15, 0.2) is 0 Å². The molecule has 0 unspecified atom stereocenters. The molecule has 6 nitrogen and oxygen atoms in total. The van der Waals surface area contributed by atoms with Crippen molar-refractivity contribution in [3.8, 4) is 0 Å². The van der Waals surface area contributed by atoms with Gasteiger partial charge in [0.2, 0.25) is 5.91 Å². The molecular formula is C9H18N2O4. The van der Waals surface area contributed by atoms with Crippen LogP contribution in [-0.4, -0.2) is 42.8 Å². The molecule has 0 aliphatic rings. The van der Waals surface area contributed by atoms with Crippen LogP contribution in [0.25, 0.3) is 0 Å². The SMILES string of the molecule is CCOCCCNC(=O)[C@@H](N)CC(=O)O. The molecule has 4 N–H and O–H groups in total. The van der Waals surface area contributed by atoms with E-state index in [2.05, 4.69) is 5.32 Å². The highest BCUT2D eigenvalue weighted by molar-refractivity contribution is 5.85. The van der Waals surface area contributed by atoms with E-state index in [1.165, 1.54) is 0 Å². The molecule has 0 aromatic carbocycles. The average molecular weight is 218 g/mol. The van der Waals surface area contributed by atoms with Crippen molar-refractivity contribution in [3.63, 3.8) is 0 Å². The van der Waals surface area contributed by atoms with Crippen LogP contribution in [0.15, 0.2) is 0 Å². The van der Waals surface area contributed by atoms with E-state index in [1.54, 1.807) is 0 Å². The van der Waals surface area contributed by atoms with Crippen LogP contribution in [-0.2, 0) is 14.3 Å². The molecule has 15 heavy (non-hydrogen) atoms. The van der Waals surface area contributed by atoms with Crippen molar-refractivity contribution in [3.05, 3.63) is 0 Å². The van der Waals surface area contributed by atoms with E-state index >= 15 is 0 Å². The summed E-state index contributed by atoms with van der Waals surface area (Å²) >= 11 is 0. The molecule has 0 rings (SSSR count). The third kappa shape index (κ3) is 7.90. The first kappa shape index (κ1) is 13.9. The molecule has 0 bridgehead atoms. The summed E-state index contributed by atoms with van der Waals surface area (Å²) in [6, 6.07) is -0.977. The second kappa shape index (κ2) is 8.19. The highest BCUT2D eigenvalue weighted by Gasteiger charge is 2.15. The summed E-state index contributed by atoms with van der Waals surface area (Å²) in [6.07, 6.45) is 0.344. The lowest BCUT2D eigenvalue weighted by Crippen LogP contribution is -2.42. The molecule has 1 atom stereocenters. The van der Waals surface area contributed by atoms with Crippen molar-refractivity contribution in [1.82, 2.24) is 5.32 Å². The first-order chi connectivity index (χ1) is 7.07. The molecule has 0 saturated heterocycles. The summed E-state index contributed by atoms with van der Waals surface area (Å²) in [4.78, 5) is 21.4. The minimum absolute atomic E-state index is 0.350. The fourth-order valence-electron chi connectivity index (χ4n) is 0.942. The largest absolute Gasteiger partial charge is 0.481 e. The van der Waals surface area contributed by atoms with Gasteiger partial charge in [-0.05, 0) is 13.3 Å². The molecule has 0 saturated carbocycles. The van der Waals surface area contributed by atoms with Gasteiger partial charge in [-0.25, -0.2) is 0 Å². The Hall–Kier alpha value is -1.14. The molecule has 0 spiro atoms. The number of carbonyl (C=O) groups is 2. The Bertz CT molecular complexity index is 208. The van der Waals surface area contributed by atoms with Crippen LogP contribution >= 0.6 is 0 Å². The monoisotopic (exact) mass is 218 g/mol. The third-order valence-electron chi connectivity index (χ3n) is 1.70. The van der Waals surface area contributed by atoms with E-state index in [9.17, 15) is 9.59 Å². The van der Waals surface area contributed by atoms with Gasteiger partial charge in [0.1, 0.15) is 0 Å². The average Bonchev–Trinajstić information content (AvgIpc) is 2.16. The quantitative estimate of drug-likeness (QED) is 0.469. The lowest BCUT2D eigenvalue weighted by atomic mass is 10.2. The molecule has 0 aromatic rings. The van der Waals surface area contributed by atoms with Gasteiger partial charge in [-0.15, -0.1) is 0 Å². The number of aliphatic carboxylic acids is 1. The Labute approximate surface area is 88.8 Å². The predicted octanol–water partition coefficient (Wildman–Crippen LogP) is -0.669. The van der Waals surface area contributed by atoms with Crippen molar-refractivity contribution >= 4 is 11.9 Å².